The fraction of sp³-hybridized carbons (Fsp3) is 0.240. The number of rotatable bonds is 7. The molecule has 0 aliphatic heterocycles. The Bertz CT molecular complexity index is 1290. The van der Waals surface area contributed by atoms with Gasteiger partial charge in [0.05, 0.1) is 28.7 Å². The molecule has 1 aromatic carbocycles. The number of aromatic nitrogens is 4. The first-order valence-corrected chi connectivity index (χ1v) is 10.8. The second-order valence-electron chi connectivity index (χ2n) is 7.88. The normalized spacial score (nSPS) is 11.4. The monoisotopic (exact) mass is 475 g/mol. The lowest BCUT2D eigenvalue weighted by atomic mass is 9.95. The Morgan fingerprint density at radius 3 is 2.56 bits per heavy atom. The Morgan fingerprint density at radius 1 is 1.03 bits per heavy atom. The maximum Gasteiger partial charge on any atom is 0.253 e. The van der Waals surface area contributed by atoms with Crippen LogP contribution in [0.4, 0.5) is 11.5 Å². The Morgan fingerprint density at radius 2 is 1.85 bits per heavy atom. The van der Waals surface area contributed by atoms with Gasteiger partial charge in [0, 0.05) is 55.5 Å². The molecule has 3 heterocycles. The SMILES string of the molecule is CNC(=O)c1c(NC)cnc2c([C@H](C)CNc3cc(-c4ccc(C)nc4)ncn3)cccc12.S. The molecular formula is C25H29N7OS. The Kier molecular flexibility index (Phi) is 8.01. The third-order valence-electron chi connectivity index (χ3n) is 5.65. The molecule has 0 fully saturated rings. The summed E-state index contributed by atoms with van der Waals surface area (Å²) in [5, 5.41) is 10.0. The van der Waals surface area contributed by atoms with E-state index in [2.05, 4.69) is 48.9 Å². The smallest absolute Gasteiger partial charge is 0.253 e. The van der Waals surface area contributed by atoms with Crippen LogP contribution in [0.2, 0.25) is 0 Å². The van der Waals surface area contributed by atoms with Gasteiger partial charge in [-0.1, -0.05) is 25.1 Å². The van der Waals surface area contributed by atoms with Gasteiger partial charge in [-0.15, -0.1) is 0 Å². The fourth-order valence-corrected chi connectivity index (χ4v) is 3.80. The van der Waals surface area contributed by atoms with E-state index >= 15 is 0 Å². The van der Waals surface area contributed by atoms with Crippen molar-refractivity contribution in [2.45, 2.75) is 19.8 Å². The average Bonchev–Trinajstić information content (AvgIpc) is 2.86. The number of aryl methyl sites for hydroxylation is 1. The lowest BCUT2D eigenvalue weighted by Crippen LogP contribution is -2.20. The van der Waals surface area contributed by atoms with E-state index in [1.165, 1.54) is 0 Å². The predicted octanol–water partition coefficient (Wildman–Crippen LogP) is 4.12. The van der Waals surface area contributed by atoms with Crippen LogP contribution in [0.1, 0.15) is 34.5 Å². The first-order valence-electron chi connectivity index (χ1n) is 10.8. The highest BCUT2D eigenvalue weighted by Gasteiger charge is 2.18. The van der Waals surface area contributed by atoms with E-state index in [-0.39, 0.29) is 25.3 Å². The van der Waals surface area contributed by atoms with Crippen molar-refractivity contribution >= 4 is 41.8 Å². The number of hydrogen-bond acceptors (Lipinski definition) is 7. The number of para-hydroxylation sites is 1. The lowest BCUT2D eigenvalue weighted by molar-refractivity contribution is 0.0965. The molecule has 0 spiro atoms. The second-order valence-corrected chi connectivity index (χ2v) is 7.88. The van der Waals surface area contributed by atoms with E-state index in [0.29, 0.717) is 17.8 Å². The number of pyridine rings is 2. The summed E-state index contributed by atoms with van der Waals surface area (Å²) in [6.45, 7) is 4.73. The van der Waals surface area contributed by atoms with Crippen LogP contribution in [0.5, 0.6) is 0 Å². The molecule has 8 nitrogen and oxygen atoms in total. The number of nitrogens with one attached hydrogen (secondary N) is 3. The predicted molar refractivity (Wildman–Crippen MR) is 142 cm³/mol. The van der Waals surface area contributed by atoms with Crippen LogP contribution < -0.4 is 16.0 Å². The molecule has 1 atom stereocenters. The molecule has 176 valence electrons. The fourth-order valence-electron chi connectivity index (χ4n) is 3.80. The van der Waals surface area contributed by atoms with Crippen molar-refractivity contribution in [1.29, 1.82) is 0 Å². The topological polar surface area (TPSA) is 105 Å². The van der Waals surface area contributed by atoms with Crippen molar-refractivity contribution in [3.05, 3.63) is 71.9 Å². The van der Waals surface area contributed by atoms with Crippen LogP contribution in [0, 0.1) is 6.92 Å². The summed E-state index contributed by atoms with van der Waals surface area (Å²) in [6, 6.07) is 11.8. The van der Waals surface area contributed by atoms with Gasteiger partial charge >= 0.3 is 0 Å². The maximum absolute atomic E-state index is 12.6. The summed E-state index contributed by atoms with van der Waals surface area (Å²) in [5.74, 6) is 0.719. The van der Waals surface area contributed by atoms with E-state index in [0.717, 1.165) is 39.2 Å². The van der Waals surface area contributed by atoms with Crippen LogP contribution >= 0.6 is 13.5 Å². The minimum absolute atomic E-state index is 0. The van der Waals surface area contributed by atoms with Crippen LogP contribution in [0.3, 0.4) is 0 Å². The molecule has 9 heteroatoms. The van der Waals surface area contributed by atoms with Gasteiger partial charge in [-0.2, -0.15) is 13.5 Å². The number of benzene rings is 1. The molecular weight excluding hydrogens is 446 g/mol. The Labute approximate surface area is 206 Å². The summed E-state index contributed by atoms with van der Waals surface area (Å²) >= 11 is 0. The highest BCUT2D eigenvalue weighted by Crippen LogP contribution is 2.30. The zero-order valence-corrected chi connectivity index (χ0v) is 20.7. The maximum atomic E-state index is 12.6. The number of anilines is 2. The van der Waals surface area contributed by atoms with E-state index in [4.69, 9.17) is 0 Å². The van der Waals surface area contributed by atoms with Gasteiger partial charge in [0.2, 0.25) is 0 Å². The van der Waals surface area contributed by atoms with Crippen molar-refractivity contribution in [3.8, 4) is 11.3 Å². The molecule has 0 saturated heterocycles. The van der Waals surface area contributed by atoms with Crippen molar-refractivity contribution < 1.29 is 4.79 Å². The van der Waals surface area contributed by atoms with E-state index in [1.54, 1.807) is 26.6 Å². The molecule has 0 saturated carbocycles. The molecule has 0 aliphatic rings. The Hall–Kier alpha value is -3.72. The standard InChI is InChI=1S/C25H27N7O.H2S/c1-15(11-29-22-10-20(31-14-32-22)17-9-8-16(2)28-12-17)18-6-5-7-19-23(25(33)27-4)21(26-3)13-30-24(18)19;/h5-10,12-15,26H,11H2,1-4H3,(H,27,33)(H,29,31,32);1H2/t15-;/m1./s1. The zero-order valence-electron chi connectivity index (χ0n) is 19.7. The van der Waals surface area contributed by atoms with Crippen molar-refractivity contribution in [3.63, 3.8) is 0 Å². The first kappa shape index (κ1) is 24.9. The average molecular weight is 476 g/mol. The van der Waals surface area contributed by atoms with E-state index in [9.17, 15) is 4.79 Å². The number of carbonyl (C=O) groups excluding carboxylic acids is 1. The largest absolute Gasteiger partial charge is 0.386 e. The molecule has 0 bridgehead atoms. The minimum Gasteiger partial charge on any atom is -0.386 e. The van der Waals surface area contributed by atoms with Crippen LogP contribution in [0.25, 0.3) is 22.2 Å². The molecule has 34 heavy (non-hydrogen) atoms. The summed E-state index contributed by atoms with van der Waals surface area (Å²) in [4.78, 5) is 30.3. The summed E-state index contributed by atoms with van der Waals surface area (Å²) < 4.78 is 0. The number of amides is 1. The van der Waals surface area contributed by atoms with Crippen molar-refractivity contribution in [1.82, 2.24) is 25.3 Å². The number of hydrogen-bond donors (Lipinski definition) is 3. The number of carbonyl (C=O) groups is 1. The first-order chi connectivity index (χ1) is 16.0. The quantitative estimate of drug-likeness (QED) is 0.369. The molecule has 0 aliphatic carbocycles. The molecule has 3 aromatic heterocycles. The molecule has 4 aromatic rings. The summed E-state index contributed by atoms with van der Waals surface area (Å²) in [5.41, 5.74) is 5.89. The third kappa shape index (κ3) is 5.09. The second kappa shape index (κ2) is 10.9. The lowest BCUT2D eigenvalue weighted by Gasteiger charge is -2.18. The van der Waals surface area contributed by atoms with Gasteiger partial charge in [-0.05, 0) is 24.6 Å². The molecule has 0 unspecified atom stereocenters. The van der Waals surface area contributed by atoms with E-state index in [1.807, 2.05) is 43.5 Å². The molecule has 3 N–H and O–H groups in total. The molecule has 0 radical (unpaired) electrons. The number of fused-ring (bicyclic) bond motifs is 1. The highest BCUT2D eigenvalue weighted by atomic mass is 32.1. The van der Waals surface area contributed by atoms with Gasteiger partial charge in [0.25, 0.3) is 5.91 Å². The van der Waals surface area contributed by atoms with Gasteiger partial charge < -0.3 is 16.0 Å². The minimum atomic E-state index is -0.145. The molecule has 4 rings (SSSR count). The number of nitrogens with zero attached hydrogens (tertiary/aromatic N) is 4. The molecule has 1 amide bonds. The van der Waals surface area contributed by atoms with Gasteiger partial charge in [0.15, 0.2) is 0 Å². The summed E-state index contributed by atoms with van der Waals surface area (Å²) in [7, 11) is 3.42. The van der Waals surface area contributed by atoms with E-state index < -0.39 is 0 Å². The van der Waals surface area contributed by atoms with Crippen LogP contribution in [-0.2, 0) is 0 Å². The van der Waals surface area contributed by atoms with Gasteiger partial charge in [0.1, 0.15) is 12.1 Å². The van der Waals surface area contributed by atoms with Crippen LogP contribution in [0.15, 0.2) is 55.1 Å². The highest BCUT2D eigenvalue weighted by molar-refractivity contribution is 7.59. The zero-order chi connectivity index (χ0) is 23.4. The Balaban J connectivity index is 0.00000324. The van der Waals surface area contributed by atoms with Crippen molar-refractivity contribution in [2.24, 2.45) is 0 Å². The summed E-state index contributed by atoms with van der Waals surface area (Å²) in [6.07, 6.45) is 5.08. The third-order valence-corrected chi connectivity index (χ3v) is 5.65. The van der Waals surface area contributed by atoms with Gasteiger partial charge in [-0.3, -0.25) is 14.8 Å². The van der Waals surface area contributed by atoms with Gasteiger partial charge in [-0.25, -0.2) is 9.97 Å². The van der Waals surface area contributed by atoms with Crippen LogP contribution in [-0.4, -0.2) is 46.5 Å². The van der Waals surface area contributed by atoms with Crippen molar-refractivity contribution in [2.75, 3.05) is 31.3 Å².